The number of nitrogens with zero attached hydrogens (tertiary/aromatic N) is 2. The monoisotopic (exact) mass is 254 g/mol. The molecule has 2 aromatic rings. The smallest absolute Gasteiger partial charge is 0.298 e. The Morgan fingerprint density at radius 2 is 1.89 bits per heavy atom. The lowest BCUT2D eigenvalue weighted by Crippen LogP contribution is -2.10. The fourth-order valence-electron chi connectivity index (χ4n) is 1.59. The topological polar surface area (TPSA) is 34.9 Å². The zero-order valence-corrected chi connectivity index (χ0v) is 9.19. The Kier molecular flexibility index (Phi) is 3.18. The Balaban J connectivity index is 2.31. The van der Waals surface area contributed by atoms with E-state index in [0.29, 0.717) is 0 Å². The lowest BCUT2D eigenvalue weighted by molar-refractivity contribution is -0.141. The molecule has 0 unspecified atom stereocenters. The van der Waals surface area contributed by atoms with Crippen molar-refractivity contribution < 1.29 is 18.0 Å². The summed E-state index contributed by atoms with van der Waals surface area (Å²) in [5, 5.41) is 3.41. The Bertz CT molecular complexity index is 546. The van der Waals surface area contributed by atoms with Gasteiger partial charge in [0, 0.05) is 6.20 Å². The van der Waals surface area contributed by atoms with Crippen LogP contribution in [0.5, 0.6) is 0 Å². The first-order valence-corrected chi connectivity index (χ1v) is 5.14. The minimum Gasteiger partial charge on any atom is -0.298 e. The average Bonchev–Trinajstić information content (AvgIpc) is 2.73. The van der Waals surface area contributed by atoms with E-state index in [1.165, 1.54) is 0 Å². The molecule has 0 amide bonds. The second-order valence-corrected chi connectivity index (χ2v) is 3.73. The molecule has 0 fully saturated rings. The van der Waals surface area contributed by atoms with Gasteiger partial charge in [-0.25, -0.2) is 0 Å². The second-order valence-electron chi connectivity index (χ2n) is 3.73. The van der Waals surface area contributed by atoms with Gasteiger partial charge in [0.05, 0.1) is 12.1 Å². The Hall–Kier alpha value is -2.11. The zero-order valence-electron chi connectivity index (χ0n) is 9.19. The van der Waals surface area contributed by atoms with Gasteiger partial charge in [-0.2, -0.15) is 18.3 Å². The summed E-state index contributed by atoms with van der Waals surface area (Å²) in [5.41, 5.74) is -0.780. The molecule has 0 atom stereocenters. The summed E-state index contributed by atoms with van der Waals surface area (Å²) in [7, 11) is 0. The molecule has 0 spiro atoms. The fraction of sp³-hybridized carbons (Fsp3) is 0.167. The first kappa shape index (κ1) is 12.3. The molecule has 0 aliphatic carbocycles. The van der Waals surface area contributed by atoms with Gasteiger partial charge >= 0.3 is 6.18 Å². The third-order valence-electron chi connectivity index (χ3n) is 2.37. The molecule has 1 aromatic carbocycles. The molecule has 0 saturated heterocycles. The minimum absolute atomic E-state index is 0.164. The highest BCUT2D eigenvalue weighted by Crippen LogP contribution is 2.29. The molecule has 0 saturated carbocycles. The molecule has 94 valence electrons. The van der Waals surface area contributed by atoms with Gasteiger partial charge in [0.1, 0.15) is 0 Å². The number of benzene rings is 1. The number of halogens is 3. The lowest BCUT2D eigenvalue weighted by Gasteiger charge is -2.03. The Labute approximate surface area is 101 Å². The molecule has 0 radical (unpaired) electrons. The van der Waals surface area contributed by atoms with Crippen LogP contribution in [-0.4, -0.2) is 16.1 Å². The van der Waals surface area contributed by atoms with E-state index in [1.807, 2.05) is 6.07 Å². The maximum absolute atomic E-state index is 12.6. The number of carbonyl (C=O) groups excluding carboxylic acids is 1. The SMILES string of the molecule is O=Cc1cn(Cc2ccccc2)nc1C(F)(F)F. The third-order valence-corrected chi connectivity index (χ3v) is 2.37. The van der Waals surface area contributed by atoms with Crippen molar-refractivity contribution in [2.45, 2.75) is 12.7 Å². The summed E-state index contributed by atoms with van der Waals surface area (Å²) in [6, 6.07) is 8.92. The normalized spacial score (nSPS) is 11.5. The number of rotatable bonds is 3. The van der Waals surface area contributed by atoms with Crippen molar-refractivity contribution in [1.82, 2.24) is 9.78 Å². The lowest BCUT2D eigenvalue weighted by atomic mass is 10.2. The first-order chi connectivity index (χ1) is 8.50. The van der Waals surface area contributed by atoms with Crippen molar-refractivity contribution >= 4 is 6.29 Å². The van der Waals surface area contributed by atoms with E-state index in [4.69, 9.17) is 0 Å². The molecule has 0 aliphatic heterocycles. The van der Waals surface area contributed by atoms with Gasteiger partial charge in [0.2, 0.25) is 0 Å². The second kappa shape index (κ2) is 4.64. The highest BCUT2D eigenvalue weighted by Gasteiger charge is 2.37. The van der Waals surface area contributed by atoms with E-state index < -0.39 is 17.4 Å². The van der Waals surface area contributed by atoms with Crippen LogP contribution < -0.4 is 0 Å². The van der Waals surface area contributed by atoms with Crippen LogP contribution in [-0.2, 0) is 12.7 Å². The average molecular weight is 254 g/mol. The van der Waals surface area contributed by atoms with Crippen LogP contribution in [0.15, 0.2) is 36.5 Å². The van der Waals surface area contributed by atoms with Crippen LogP contribution >= 0.6 is 0 Å². The Morgan fingerprint density at radius 3 is 2.39 bits per heavy atom. The van der Waals surface area contributed by atoms with Crippen LogP contribution in [0, 0.1) is 0 Å². The Morgan fingerprint density at radius 1 is 1.22 bits per heavy atom. The number of hydrogen-bond donors (Lipinski definition) is 0. The summed E-state index contributed by atoms with van der Waals surface area (Å²) in [5.74, 6) is 0. The van der Waals surface area contributed by atoms with Gasteiger partial charge < -0.3 is 0 Å². The van der Waals surface area contributed by atoms with E-state index in [1.54, 1.807) is 24.3 Å². The molecule has 0 aliphatic rings. The molecule has 0 N–H and O–H groups in total. The first-order valence-electron chi connectivity index (χ1n) is 5.14. The minimum atomic E-state index is -4.61. The van der Waals surface area contributed by atoms with Crippen LogP contribution in [0.3, 0.4) is 0 Å². The number of alkyl halides is 3. The van der Waals surface area contributed by atoms with Gasteiger partial charge in [-0.3, -0.25) is 9.48 Å². The summed E-state index contributed by atoms with van der Waals surface area (Å²) in [6.07, 6.45) is -3.35. The van der Waals surface area contributed by atoms with Crippen molar-refractivity contribution in [2.75, 3.05) is 0 Å². The van der Waals surface area contributed by atoms with Gasteiger partial charge in [-0.15, -0.1) is 0 Å². The third kappa shape index (κ3) is 2.58. The maximum Gasteiger partial charge on any atom is 0.435 e. The highest BCUT2D eigenvalue weighted by atomic mass is 19.4. The van der Waals surface area contributed by atoms with E-state index >= 15 is 0 Å². The number of carbonyl (C=O) groups is 1. The van der Waals surface area contributed by atoms with E-state index in [-0.39, 0.29) is 12.8 Å². The molecule has 2 rings (SSSR count). The van der Waals surface area contributed by atoms with Crippen LogP contribution in [0.2, 0.25) is 0 Å². The molecule has 1 heterocycles. The predicted octanol–water partition coefficient (Wildman–Crippen LogP) is 2.76. The fourth-order valence-corrected chi connectivity index (χ4v) is 1.59. The summed E-state index contributed by atoms with van der Waals surface area (Å²) in [4.78, 5) is 10.6. The molecule has 3 nitrogen and oxygen atoms in total. The van der Waals surface area contributed by atoms with Crippen LogP contribution in [0.25, 0.3) is 0 Å². The summed E-state index contributed by atoms with van der Waals surface area (Å²) < 4.78 is 38.8. The molecule has 0 bridgehead atoms. The van der Waals surface area contributed by atoms with Crippen molar-refractivity contribution in [3.8, 4) is 0 Å². The molecular weight excluding hydrogens is 245 g/mol. The quantitative estimate of drug-likeness (QED) is 0.789. The van der Waals surface area contributed by atoms with Gasteiger partial charge in [0.25, 0.3) is 0 Å². The van der Waals surface area contributed by atoms with Crippen molar-refractivity contribution in [1.29, 1.82) is 0 Å². The largest absolute Gasteiger partial charge is 0.435 e. The zero-order chi connectivity index (χ0) is 13.2. The standard InChI is InChI=1S/C12H9F3N2O/c13-12(14,15)11-10(8-18)7-17(16-11)6-9-4-2-1-3-5-9/h1-5,7-8H,6H2. The number of hydrogen-bond acceptors (Lipinski definition) is 2. The summed E-state index contributed by atoms with van der Waals surface area (Å²) >= 11 is 0. The van der Waals surface area contributed by atoms with Crippen molar-refractivity contribution in [3.05, 3.63) is 53.3 Å². The van der Waals surface area contributed by atoms with Crippen molar-refractivity contribution in [3.63, 3.8) is 0 Å². The van der Waals surface area contributed by atoms with E-state index in [9.17, 15) is 18.0 Å². The van der Waals surface area contributed by atoms with Crippen molar-refractivity contribution in [2.24, 2.45) is 0 Å². The van der Waals surface area contributed by atoms with Gasteiger partial charge in [0.15, 0.2) is 12.0 Å². The molecule has 18 heavy (non-hydrogen) atoms. The van der Waals surface area contributed by atoms with E-state index in [0.717, 1.165) is 16.4 Å². The molecule has 6 heteroatoms. The van der Waals surface area contributed by atoms with Crippen LogP contribution in [0.4, 0.5) is 13.2 Å². The molecular formula is C12H9F3N2O. The molecule has 1 aromatic heterocycles. The summed E-state index contributed by atoms with van der Waals surface area (Å²) in [6.45, 7) is 0.192. The predicted molar refractivity (Wildman–Crippen MR) is 58.2 cm³/mol. The van der Waals surface area contributed by atoms with Crippen LogP contribution in [0.1, 0.15) is 21.6 Å². The van der Waals surface area contributed by atoms with Gasteiger partial charge in [-0.05, 0) is 5.56 Å². The number of aromatic nitrogens is 2. The number of aldehydes is 1. The van der Waals surface area contributed by atoms with Gasteiger partial charge in [-0.1, -0.05) is 30.3 Å². The highest BCUT2D eigenvalue weighted by molar-refractivity contribution is 5.76. The van der Waals surface area contributed by atoms with E-state index in [2.05, 4.69) is 5.10 Å². The maximum atomic E-state index is 12.6.